The van der Waals surface area contributed by atoms with E-state index in [9.17, 15) is 9.59 Å². The standard InChI is InChI=1S/C15H28O4/c1-13(2,3)10(11(16)18-14(4,5)6)12(17)19-15(7,8)9/h10H,1-9H3. The van der Waals surface area contributed by atoms with E-state index in [1.807, 2.05) is 20.8 Å². The molecule has 4 nitrogen and oxygen atoms in total. The third-order valence-electron chi connectivity index (χ3n) is 2.15. The topological polar surface area (TPSA) is 52.6 Å². The molecular weight excluding hydrogens is 244 g/mol. The molecule has 19 heavy (non-hydrogen) atoms. The first kappa shape index (κ1) is 17.9. The van der Waals surface area contributed by atoms with Gasteiger partial charge in [-0.15, -0.1) is 0 Å². The number of esters is 2. The fourth-order valence-corrected chi connectivity index (χ4v) is 1.52. The van der Waals surface area contributed by atoms with Crippen LogP contribution in [0.25, 0.3) is 0 Å². The highest BCUT2D eigenvalue weighted by atomic mass is 16.6. The summed E-state index contributed by atoms with van der Waals surface area (Å²) in [4.78, 5) is 24.4. The first-order valence-electron chi connectivity index (χ1n) is 6.59. The van der Waals surface area contributed by atoms with Crippen LogP contribution in [-0.2, 0) is 19.1 Å². The minimum atomic E-state index is -0.925. The number of ether oxygens (including phenoxy) is 2. The van der Waals surface area contributed by atoms with E-state index in [-0.39, 0.29) is 0 Å². The Balaban J connectivity index is 5.15. The van der Waals surface area contributed by atoms with E-state index in [1.54, 1.807) is 41.5 Å². The quantitative estimate of drug-likeness (QED) is 0.571. The summed E-state index contributed by atoms with van der Waals surface area (Å²) in [5.74, 6) is -1.99. The maximum atomic E-state index is 12.2. The summed E-state index contributed by atoms with van der Waals surface area (Å²) in [6, 6.07) is 0. The molecule has 0 aliphatic carbocycles. The molecule has 0 saturated carbocycles. The van der Waals surface area contributed by atoms with Gasteiger partial charge in [0, 0.05) is 0 Å². The normalized spacial score (nSPS) is 13.4. The molecule has 0 bridgehead atoms. The van der Waals surface area contributed by atoms with E-state index in [2.05, 4.69) is 0 Å². The Morgan fingerprint density at radius 1 is 0.684 bits per heavy atom. The van der Waals surface area contributed by atoms with E-state index < -0.39 is 34.5 Å². The van der Waals surface area contributed by atoms with Gasteiger partial charge in [-0.3, -0.25) is 9.59 Å². The molecule has 0 fully saturated rings. The van der Waals surface area contributed by atoms with Crippen LogP contribution in [0.1, 0.15) is 62.3 Å². The Hall–Kier alpha value is -1.06. The fourth-order valence-electron chi connectivity index (χ4n) is 1.52. The number of hydrogen-bond donors (Lipinski definition) is 0. The van der Waals surface area contributed by atoms with Crippen molar-refractivity contribution >= 4 is 11.9 Å². The molecule has 0 spiro atoms. The zero-order chi connectivity index (χ0) is 15.6. The van der Waals surface area contributed by atoms with Gasteiger partial charge >= 0.3 is 11.9 Å². The molecular formula is C15H28O4. The predicted molar refractivity (Wildman–Crippen MR) is 74.6 cm³/mol. The summed E-state index contributed by atoms with van der Waals surface area (Å²) in [6.45, 7) is 16.1. The van der Waals surface area contributed by atoms with Crippen molar-refractivity contribution in [2.75, 3.05) is 0 Å². The van der Waals surface area contributed by atoms with Crippen LogP contribution >= 0.6 is 0 Å². The summed E-state index contributed by atoms with van der Waals surface area (Å²) < 4.78 is 10.6. The largest absolute Gasteiger partial charge is 0.459 e. The van der Waals surface area contributed by atoms with Gasteiger partial charge in [-0.1, -0.05) is 20.8 Å². The number of rotatable bonds is 2. The van der Waals surface area contributed by atoms with Gasteiger partial charge in [-0.05, 0) is 47.0 Å². The van der Waals surface area contributed by atoms with E-state index in [1.165, 1.54) is 0 Å². The highest BCUT2D eigenvalue weighted by molar-refractivity contribution is 5.96. The minimum Gasteiger partial charge on any atom is -0.459 e. The van der Waals surface area contributed by atoms with E-state index in [4.69, 9.17) is 9.47 Å². The van der Waals surface area contributed by atoms with Crippen LogP contribution in [0.4, 0.5) is 0 Å². The average Bonchev–Trinajstić information content (AvgIpc) is 1.90. The van der Waals surface area contributed by atoms with Gasteiger partial charge in [0.2, 0.25) is 0 Å². The van der Waals surface area contributed by atoms with Crippen LogP contribution in [0.5, 0.6) is 0 Å². The Labute approximate surface area is 116 Å². The van der Waals surface area contributed by atoms with Gasteiger partial charge < -0.3 is 9.47 Å². The summed E-state index contributed by atoms with van der Waals surface area (Å²) in [5, 5.41) is 0. The first-order chi connectivity index (χ1) is 8.13. The summed E-state index contributed by atoms with van der Waals surface area (Å²) in [5.41, 5.74) is -1.80. The van der Waals surface area contributed by atoms with Gasteiger partial charge in [0.1, 0.15) is 11.2 Å². The summed E-state index contributed by atoms with van der Waals surface area (Å²) >= 11 is 0. The number of carbonyl (C=O) groups is 2. The van der Waals surface area contributed by atoms with Crippen LogP contribution in [0, 0.1) is 11.3 Å². The van der Waals surface area contributed by atoms with Crippen LogP contribution in [0.3, 0.4) is 0 Å². The SMILES string of the molecule is CC(C)(C)OC(=O)C(C(=O)OC(C)(C)C)C(C)(C)C. The maximum absolute atomic E-state index is 12.2. The second-order valence-corrected chi connectivity index (χ2v) is 7.87. The highest BCUT2D eigenvalue weighted by Gasteiger charge is 2.42. The second-order valence-electron chi connectivity index (χ2n) is 7.87. The molecule has 0 aliphatic rings. The van der Waals surface area contributed by atoms with E-state index >= 15 is 0 Å². The average molecular weight is 272 g/mol. The molecule has 0 atom stereocenters. The predicted octanol–water partition coefficient (Wildman–Crippen LogP) is 3.33. The molecule has 0 aromatic heterocycles. The molecule has 0 heterocycles. The van der Waals surface area contributed by atoms with Gasteiger partial charge in [0.15, 0.2) is 5.92 Å². The van der Waals surface area contributed by atoms with Crippen LogP contribution in [0.15, 0.2) is 0 Å². The van der Waals surface area contributed by atoms with Gasteiger partial charge in [-0.2, -0.15) is 0 Å². The van der Waals surface area contributed by atoms with Crippen LogP contribution < -0.4 is 0 Å². The van der Waals surface area contributed by atoms with Crippen molar-refractivity contribution < 1.29 is 19.1 Å². The Bertz CT molecular complexity index is 309. The molecule has 0 rings (SSSR count). The number of carbonyl (C=O) groups excluding carboxylic acids is 2. The fraction of sp³-hybridized carbons (Fsp3) is 0.867. The van der Waals surface area contributed by atoms with Crippen LogP contribution in [0.2, 0.25) is 0 Å². The lowest BCUT2D eigenvalue weighted by molar-refractivity contribution is -0.179. The van der Waals surface area contributed by atoms with Crippen molar-refractivity contribution in [3.8, 4) is 0 Å². The van der Waals surface area contributed by atoms with Gasteiger partial charge in [0.25, 0.3) is 0 Å². The maximum Gasteiger partial charge on any atom is 0.321 e. The molecule has 0 unspecified atom stereocenters. The second kappa shape index (κ2) is 5.51. The molecule has 0 aliphatic heterocycles. The molecule has 4 heteroatoms. The molecule has 0 aromatic carbocycles. The monoisotopic (exact) mass is 272 g/mol. The van der Waals surface area contributed by atoms with Crippen molar-refractivity contribution in [1.29, 1.82) is 0 Å². The van der Waals surface area contributed by atoms with E-state index in [0.29, 0.717) is 0 Å². The molecule has 0 N–H and O–H groups in total. The molecule has 0 saturated heterocycles. The first-order valence-corrected chi connectivity index (χ1v) is 6.59. The van der Waals surface area contributed by atoms with Crippen molar-refractivity contribution in [3.05, 3.63) is 0 Å². The molecule has 112 valence electrons. The van der Waals surface area contributed by atoms with Gasteiger partial charge in [0.05, 0.1) is 0 Å². The van der Waals surface area contributed by atoms with Gasteiger partial charge in [-0.25, -0.2) is 0 Å². The number of hydrogen-bond acceptors (Lipinski definition) is 4. The Kier molecular flexibility index (Phi) is 5.21. The Morgan fingerprint density at radius 3 is 1.11 bits per heavy atom. The zero-order valence-corrected chi connectivity index (χ0v) is 13.7. The lowest BCUT2D eigenvalue weighted by atomic mass is 9.80. The van der Waals surface area contributed by atoms with Crippen molar-refractivity contribution in [2.24, 2.45) is 11.3 Å². The minimum absolute atomic E-state index is 0.533. The third-order valence-corrected chi connectivity index (χ3v) is 2.15. The smallest absolute Gasteiger partial charge is 0.321 e. The highest BCUT2D eigenvalue weighted by Crippen LogP contribution is 2.31. The van der Waals surface area contributed by atoms with Crippen molar-refractivity contribution in [3.63, 3.8) is 0 Å². The molecule has 0 radical (unpaired) electrons. The third kappa shape index (κ3) is 7.19. The van der Waals surface area contributed by atoms with Crippen molar-refractivity contribution in [1.82, 2.24) is 0 Å². The summed E-state index contributed by atoms with van der Waals surface area (Å²) in [6.07, 6.45) is 0. The van der Waals surface area contributed by atoms with Crippen LogP contribution in [-0.4, -0.2) is 23.1 Å². The van der Waals surface area contributed by atoms with E-state index in [0.717, 1.165) is 0 Å². The molecule has 0 amide bonds. The molecule has 0 aromatic rings. The Morgan fingerprint density at radius 2 is 0.947 bits per heavy atom. The summed E-state index contributed by atoms with van der Waals surface area (Å²) in [7, 11) is 0. The van der Waals surface area contributed by atoms with Crippen molar-refractivity contribution in [2.45, 2.75) is 73.5 Å². The lowest BCUT2D eigenvalue weighted by Gasteiger charge is -2.32. The zero-order valence-electron chi connectivity index (χ0n) is 13.7. The lowest BCUT2D eigenvalue weighted by Crippen LogP contribution is -2.43.